The molecule has 1 N–H and O–H groups in total. The molecule has 0 bridgehead atoms. The Balaban J connectivity index is 1.81. The molecule has 1 aromatic rings. The maximum Gasteiger partial charge on any atom is 0.313 e. The molecule has 1 amide bonds. The molecule has 1 atom stereocenters. The summed E-state index contributed by atoms with van der Waals surface area (Å²) in [5, 5.41) is 10.0. The van der Waals surface area contributed by atoms with E-state index in [1.54, 1.807) is 23.1 Å². The average Bonchev–Trinajstić information content (AvgIpc) is 3.27. The number of aliphatic carboxylic acids is 1. The molecule has 1 unspecified atom stereocenters. The normalized spacial score (nSPS) is 23.4. The fourth-order valence-corrected chi connectivity index (χ4v) is 3.98. The van der Waals surface area contributed by atoms with Gasteiger partial charge in [-0.3, -0.25) is 9.59 Å². The standard InChI is InChI=1S/C19H24ClNO5/c1-25-12-19(18(23)24)8-9-21(11-19)17(22)15-10-13(20)6-7-16(15)26-14-4-2-3-5-14/h6-7,10,14H,2-5,8-9,11-12H2,1H3,(H,23,24). The molecule has 2 fully saturated rings. The maximum absolute atomic E-state index is 13.1. The highest BCUT2D eigenvalue weighted by atomic mass is 35.5. The topological polar surface area (TPSA) is 76.1 Å². The van der Waals surface area contributed by atoms with Crippen LogP contribution in [-0.4, -0.2) is 54.8 Å². The smallest absolute Gasteiger partial charge is 0.313 e. The van der Waals surface area contributed by atoms with Crippen molar-refractivity contribution in [1.29, 1.82) is 0 Å². The van der Waals surface area contributed by atoms with Crippen molar-refractivity contribution in [3.63, 3.8) is 0 Å². The Kier molecular flexibility index (Phi) is 5.73. The lowest BCUT2D eigenvalue weighted by Crippen LogP contribution is -2.40. The van der Waals surface area contributed by atoms with Gasteiger partial charge in [0.1, 0.15) is 11.2 Å². The molecule has 3 rings (SSSR count). The molecule has 0 aromatic heterocycles. The van der Waals surface area contributed by atoms with Gasteiger partial charge in [-0.1, -0.05) is 11.6 Å². The van der Waals surface area contributed by atoms with Gasteiger partial charge in [0.2, 0.25) is 0 Å². The molecule has 1 aliphatic carbocycles. The third-order valence-corrected chi connectivity index (χ3v) is 5.52. The first-order valence-corrected chi connectivity index (χ1v) is 9.31. The van der Waals surface area contributed by atoms with E-state index < -0.39 is 11.4 Å². The van der Waals surface area contributed by atoms with Crippen molar-refractivity contribution in [2.45, 2.75) is 38.2 Å². The van der Waals surface area contributed by atoms with E-state index >= 15 is 0 Å². The Labute approximate surface area is 158 Å². The molecule has 1 aromatic carbocycles. The largest absolute Gasteiger partial charge is 0.490 e. The van der Waals surface area contributed by atoms with Crippen LogP contribution in [0, 0.1) is 5.41 Å². The van der Waals surface area contributed by atoms with Gasteiger partial charge in [0, 0.05) is 25.2 Å². The third kappa shape index (κ3) is 3.81. The van der Waals surface area contributed by atoms with Crippen LogP contribution in [0.1, 0.15) is 42.5 Å². The van der Waals surface area contributed by atoms with Crippen molar-refractivity contribution in [1.82, 2.24) is 4.90 Å². The van der Waals surface area contributed by atoms with Crippen molar-refractivity contribution in [2.24, 2.45) is 5.41 Å². The second-order valence-corrected chi connectivity index (χ2v) is 7.60. The number of amides is 1. The number of nitrogens with zero attached hydrogens (tertiary/aromatic N) is 1. The van der Waals surface area contributed by atoms with Crippen molar-refractivity contribution in [2.75, 3.05) is 26.8 Å². The zero-order valence-corrected chi connectivity index (χ0v) is 15.6. The van der Waals surface area contributed by atoms with Gasteiger partial charge in [0.15, 0.2) is 0 Å². The van der Waals surface area contributed by atoms with Crippen LogP contribution in [0.4, 0.5) is 0 Å². The molecule has 0 spiro atoms. The van der Waals surface area contributed by atoms with E-state index in [-0.39, 0.29) is 25.2 Å². The van der Waals surface area contributed by atoms with E-state index in [9.17, 15) is 14.7 Å². The van der Waals surface area contributed by atoms with Crippen LogP contribution in [0.15, 0.2) is 18.2 Å². The van der Waals surface area contributed by atoms with Crippen LogP contribution < -0.4 is 4.74 Å². The molecule has 0 radical (unpaired) electrons. The first kappa shape index (κ1) is 19.0. The SMILES string of the molecule is COCC1(C(=O)O)CCN(C(=O)c2cc(Cl)ccc2OC2CCCC2)C1. The summed E-state index contributed by atoms with van der Waals surface area (Å²) in [6, 6.07) is 5.04. The third-order valence-electron chi connectivity index (χ3n) is 5.28. The number of benzene rings is 1. The van der Waals surface area contributed by atoms with Crippen molar-refractivity contribution < 1.29 is 24.2 Å². The Morgan fingerprint density at radius 1 is 1.35 bits per heavy atom. The predicted molar refractivity (Wildman–Crippen MR) is 96.8 cm³/mol. The van der Waals surface area contributed by atoms with Gasteiger partial charge in [-0.2, -0.15) is 0 Å². The van der Waals surface area contributed by atoms with Crippen molar-refractivity contribution >= 4 is 23.5 Å². The molecule has 1 saturated heterocycles. The lowest BCUT2D eigenvalue weighted by Gasteiger charge is -2.24. The molecule has 7 heteroatoms. The summed E-state index contributed by atoms with van der Waals surface area (Å²) in [7, 11) is 1.47. The average molecular weight is 382 g/mol. The number of rotatable bonds is 6. The summed E-state index contributed by atoms with van der Waals surface area (Å²) >= 11 is 6.10. The summed E-state index contributed by atoms with van der Waals surface area (Å²) in [5.74, 6) is -0.672. The molecule has 26 heavy (non-hydrogen) atoms. The molecule has 6 nitrogen and oxygen atoms in total. The zero-order chi connectivity index (χ0) is 18.7. The Morgan fingerprint density at radius 2 is 2.08 bits per heavy atom. The second kappa shape index (κ2) is 7.84. The van der Waals surface area contributed by atoms with Gasteiger partial charge in [-0.05, 0) is 50.3 Å². The Morgan fingerprint density at radius 3 is 2.73 bits per heavy atom. The fraction of sp³-hybridized carbons (Fsp3) is 0.579. The number of likely N-dealkylation sites (tertiary alicyclic amines) is 1. The number of halogens is 1. The second-order valence-electron chi connectivity index (χ2n) is 7.16. The lowest BCUT2D eigenvalue weighted by molar-refractivity contribution is -0.151. The summed E-state index contributed by atoms with van der Waals surface area (Å²) in [6.07, 6.45) is 4.71. The Hall–Kier alpha value is -1.79. The van der Waals surface area contributed by atoms with E-state index in [1.165, 1.54) is 7.11 Å². The molecule has 1 heterocycles. The van der Waals surface area contributed by atoms with Crippen LogP contribution >= 0.6 is 11.6 Å². The van der Waals surface area contributed by atoms with E-state index in [4.69, 9.17) is 21.1 Å². The van der Waals surface area contributed by atoms with Crippen LogP contribution in [0.5, 0.6) is 5.75 Å². The number of carbonyl (C=O) groups is 2. The van der Waals surface area contributed by atoms with Crippen molar-refractivity contribution in [3.8, 4) is 5.75 Å². The Bertz CT molecular complexity index is 689. The van der Waals surface area contributed by atoms with Crippen LogP contribution in [-0.2, 0) is 9.53 Å². The number of carboxylic acids is 1. The number of hydrogen-bond acceptors (Lipinski definition) is 4. The van der Waals surface area contributed by atoms with Gasteiger partial charge < -0.3 is 19.5 Å². The van der Waals surface area contributed by atoms with Crippen LogP contribution in [0.25, 0.3) is 0 Å². The summed E-state index contributed by atoms with van der Waals surface area (Å²) in [5.41, 5.74) is -0.668. The number of hydrogen-bond donors (Lipinski definition) is 1. The van der Waals surface area contributed by atoms with Crippen LogP contribution in [0.3, 0.4) is 0 Å². The van der Waals surface area contributed by atoms with Gasteiger partial charge in [-0.25, -0.2) is 0 Å². The molecule has 142 valence electrons. The highest BCUT2D eigenvalue weighted by Crippen LogP contribution is 2.35. The number of methoxy groups -OCH3 is 1. The summed E-state index contributed by atoms with van der Waals surface area (Å²) < 4.78 is 11.1. The molecule has 1 saturated carbocycles. The lowest BCUT2D eigenvalue weighted by atomic mass is 9.88. The van der Waals surface area contributed by atoms with E-state index in [2.05, 4.69) is 0 Å². The number of carbonyl (C=O) groups excluding carboxylic acids is 1. The minimum atomic E-state index is -1.06. The quantitative estimate of drug-likeness (QED) is 0.818. The monoisotopic (exact) mass is 381 g/mol. The highest BCUT2D eigenvalue weighted by Gasteiger charge is 2.46. The molecule has 2 aliphatic rings. The van der Waals surface area contributed by atoms with Gasteiger partial charge >= 0.3 is 5.97 Å². The number of carboxylic acid groups (broad SMARTS) is 1. The fourth-order valence-electron chi connectivity index (χ4n) is 3.80. The first-order valence-electron chi connectivity index (χ1n) is 8.93. The summed E-state index contributed by atoms with van der Waals surface area (Å²) in [6.45, 7) is 0.557. The van der Waals surface area contributed by atoms with Gasteiger partial charge in [-0.15, -0.1) is 0 Å². The summed E-state index contributed by atoms with van der Waals surface area (Å²) in [4.78, 5) is 26.3. The van der Waals surface area contributed by atoms with Crippen molar-refractivity contribution in [3.05, 3.63) is 28.8 Å². The minimum Gasteiger partial charge on any atom is -0.490 e. The van der Waals surface area contributed by atoms with E-state index in [0.717, 1.165) is 25.7 Å². The predicted octanol–water partition coefficient (Wildman–Crippen LogP) is 3.22. The van der Waals surface area contributed by atoms with Gasteiger partial charge in [0.25, 0.3) is 5.91 Å². The highest BCUT2D eigenvalue weighted by molar-refractivity contribution is 6.31. The number of ether oxygens (including phenoxy) is 2. The van der Waals surface area contributed by atoms with E-state index in [1.807, 2.05) is 0 Å². The zero-order valence-electron chi connectivity index (χ0n) is 14.9. The molecule has 1 aliphatic heterocycles. The molecular weight excluding hydrogens is 358 g/mol. The van der Waals surface area contributed by atoms with Crippen LogP contribution in [0.2, 0.25) is 5.02 Å². The van der Waals surface area contributed by atoms with E-state index in [0.29, 0.717) is 29.3 Å². The minimum absolute atomic E-state index is 0.0765. The maximum atomic E-state index is 13.1. The van der Waals surface area contributed by atoms with Gasteiger partial charge in [0.05, 0.1) is 18.3 Å². The first-order chi connectivity index (χ1) is 12.4. The molecular formula is C19H24ClNO5.